The summed E-state index contributed by atoms with van der Waals surface area (Å²) < 4.78 is 1.44. The number of hydrogen-bond acceptors (Lipinski definition) is 3. The van der Waals surface area contributed by atoms with Crippen molar-refractivity contribution in [2.45, 2.75) is 52.0 Å². The fourth-order valence-electron chi connectivity index (χ4n) is 3.91. The zero-order chi connectivity index (χ0) is 19.5. The van der Waals surface area contributed by atoms with Crippen molar-refractivity contribution >= 4 is 22.4 Å². The third kappa shape index (κ3) is 3.57. The molecule has 0 fully saturated rings. The van der Waals surface area contributed by atoms with E-state index in [1.54, 1.807) is 12.1 Å². The fraction of sp³-hybridized carbons (Fsp3) is 0.348. The van der Waals surface area contributed by atoms with Gasteiger partial charge in [-0.1, -0.05) is 44.0 Å². The fourth-order valence-corrected chi connectivity index (χ4v) is 3.91. The number of carbonyl (C=O) groups excluding carboxylic acids is 1. The highest BCUT2D eigenvalue weighted by Gasteiger charge is 2.18. The summed E-state index contributed by atoms with van der Waals surface area (Å²) in [4.78, 5) is 25.8. The lowest BCUT2D eigenvalue weighted by atomic mass is 10.1. The first-order chi connectivity index (χ1) is 13.7. The largest absolute Gasteiger partial charge is 0.321 e. The monoisotopic (exact) mass is 375 g/mol. The number of hydrogen-bond donors (Lipinski definition) is 1. The first-order valence-electron chi connectivity index (χ1n) is 10.1. The van der Waals surface area contributed by atoms with E-state index in [-0.39, 0.29) is 11.5 Å². The second kappa shape index (κ2) is 7.97. The van der Waals surface area contributed by atoms with Gasteiger partial charge in [0.2, 0.25) is 0 Å². The molecular weight excluding hydrogens is 350 g/mol. The van der Waals surface area contributed by atoms with Gasteiger partial charge in [-0.15, -0.1) is 0 Å². The molecule has 0 radical (unpaired) electrons. The molecule has 1 aliphatic rings. The van der Waals surface area contributed by atoms with Gasteiger partial charge in [0.1, 0.15) is 0 Å². The normalized spacial score (nSPS) is 12.9. The van der Waals surface area contributed by atoms with Crippen molar-refractivity contribution in [2.75, 3.05) is 5.32 Å². The maximum absolute atomic E-state index is 13.0. The molecule has 0 bridgehead atoms. The first kappa shape index (κ1) is 18.4. The van der Waals surface area contributed by atoms with Crippen LogP contribution in [0.5, 0.6) is 0 Å². The van der Waals surface area contributed by atoms with Gasteiger partial charge in [-0.05, 0) is 55.0 Å². The number of aryl methyl sites for hydroxylation is 3. The van der Waals surface area contributed by atoms with Crippen molar-refractivity contribution in [2.24, 2.45) is 0 Å². The summed E-state index contributed by atoms with van der Waals surface area (Å²) in [6.45, 7) is 2.64. The Bertz CT molecular complexity index is 1080. The Hall–Kier alpha value is -2.95. The summed E-state index contributed by atoms with van der Waals surface area (Å²) in [5.41, 5.74) is 3.61. The van der Waals surface area contributed by atoms with Crippen LogP contribution in [-0.2, 0) is 19.4 Å². The van der Waals surface area contributed by atoms with Crippen molar-refractivity contribution in [3.05, 3.63) is 69.6 Å². The van der Waals surface area contributed by atoms with Crippen LogP contribution in [0, 0.1) is 0 Å². The first-order valence-corrected chi connectivity index (χ1v) is 10.1. The van der Waals surface area contributed by atoms with E-state index in [0.29, 0.717) is 23.0 Å². The van der Waals surface area contributed by atoms with Crippen LogP contribution in [0.4, 0.5) is 5.69 Å². The Labute approximate surface area is 164 Å². The van der Waals surface area contributed by atoms with Gasteiger partial charge < -0.3 is 5.32 Å². The molecule has 4 rings (SSSR count). The maximum atomic E-state index is 13.0. The predicted octanol–water partition coefficient (Wildman–Crippen LogP) is 4.33. The number of amides is 1. The number of fused-ring (bicyclic) bond motifs is 2. The third-order valence-corrected chi connectivity index (χ3v) is 5.41. The maximum Gasteiger partial charge on any atom is 0.276 e. The number of aromatic nitrogens is 2. The van der Waals surface area contributed by atoms with E-state index in [0.717, 1.165) is 37.8 Å². The lowest BCUT2D eigenvalue weighted by Gasteiger charge is -2.12. The lowest BCUT2D eigenvalue weighted by Crippen LogP contribution is -2.27. The smallest absolute Gasteiger partial charge is 0.276 e. The molecule has 1 aromatic heterocycles. The molecule has 0 unspecified atom stereocenters. The molecule has 1 aliphatic carbocycles. The molecule has 1 heterocycles. The topological polar surface area (TPSA) is 64.0 Å². The molecule has 0 saturated carbocycles. The van der Waals surface area contributed by atoms with Gasteiger partial charge in [0.05, 0.1) is 5.39 Å². The summed E-state index contributed by atoms with van der Waals surface area (Å²) >= 11 is 0. The SMILES string of the molecule is CCCCCn1nc(C(=O)Nc2ccc3c(c2)CCC3)c2ccccc2c1=O. The van der Waals surface area contributed by atoms with Crippen LogP contribution in [0.3, 0.4) is 0 Å². The van der Waals surface area contributed by atoms with Crippen LogP contribution in [0.25, 0.3) is 10.8 Å². The molecule has 144 valence electrons. The van der Waals surface area contributed by atoms with Crippen LogP contribution >= 0.6 is 0 Å². The Balaban J connectivity index is 1.69. The van der Waals surface area contributed by atoms with Crippen LogP contribution in [0.1, 0.15) is 54.2 Å². The quantitative estimate of drug-likeness (QED) is 0.652. The van der Waals surface area contributed by atoms with E-state index in [1.807, 2.05) is 18.2 Å². The van der Waals surface area contributed by atoms with Crippen LogP contribution in [0.2, 0.25) is 0 Å². The standard InChI is InChI=1S/C23H25N3O2/c1-2-3-6-14-26-23(28)20-11-5-4-10-19(20)21(25-26)22(27)24-18-13-12-16-8-7-9-17(16)15-18/h4-5,10-13,15H,2-3,6-9,14H2,1H3,(H,24,27). The van der Waals surface area contributed by atoms with Gasteiger partial charge in [0.15, 0.2) is 5.69 Å². The Kier molecular flexibility index (Phi) is 5.24. The number of nitrogens with one attached hydrogen (secondary N) is 1. The summed E-state index contributed by atoms with van der Waals surface area (Å²) in [7, 11) is 0. The highest BCUT2D eigenvalue weighted by atomic mass is 16.2. The molecule has 3 aromatic rings. The van der Waals surface area contributed by atoms with Crippen LogP contribution < -0.4 is 10.9 Å². The molecule has 2 aromatic carbocycles. The second-order valence-corrected chi connectivity index (χ2v) is 7.42. The van der Waals surface area contributed by atoms with Gasteiger partial charge in [-0.2, -0.15) is 5.10 Å². The molecule has 0 spiro atoms. The van der Waals surface area contributed by atoms with Crippen molar-refractivity contribution in [3.8, 4) is 0 Å². The lowest BCUT2D eigenvalue weighted by molar-refractivity contribution is 0.102. The number of unbranched alkanes of at least 4 members (excludes halogenated alkanes) is 2. The summed E-state index contributed by atoms with van der Waals surface area (Å²) in [6.07, 6.45) is 6.29. The number of anilines is 1. The van der Waals surface area contributed by atoms with Crippen molar-refractivity contribution in [1.82, 2.24) is 9.78 Å². The Morgan fingerprint density at radius 2 is 1.86 bits per heavy atom. The molecule has 0 aliphatic heterocycles. The van der Waals surface area contributed by atoms with Crippen molar-refractivity contribution < 1.29 is 4.79 Å². The number of rotatable bonds is 6. The second-order valence-electron chi connectivity index (χ2n) is 7.42. The van der Waals surface area contributed by atoms with Gasteiger partial charge in [-0.3, -0.25) is 9.59 Å². The minimum Gasteiger partial charge on any atom is -0.321 e. The number of nitrogens with zero attached hydrogens (tertiary/aromatic N) is 2. The van der Waals surface area contributed by atoms with Gasteiger partial charge >= 0.3 is 0 Å². The molecular formula is C23H25N3O2. The van der Waals surface area contributed by atoms with Crippen molar-refractivity contribution in [1.29, 1.82) is 0 Å². The minimum absolute atomic E-state index is 0.138. The molecule has 28 heavy (non-hydrogen) atoms. The molecule has 0 atom stereocenters. The van der Waals surface area contributed by atoms with Gasteiger partial charge in [-0.25, -0.2) is 4.68 Å². The van der Waals surface area contributed by atoms with Crippen molar-refractivity contribution in [3.63, 3.8) is 0 Å². The van der Waals surface area contributed by atoms with E-state index in [9.17, 15) is 9.59 Å². The summed E-state index contributed by atoms with van der Waals surface area (Å²) in [6, 6.07) is 13.3. The van der Waals surface area contributed by atoms with Gasteiger partial charge in [0.25, 0.3) is 11.5 Å². The van der Waals surface area contributed by atoms with Crippen LogP contribution in [-0.4, -0.2) is 15.7 Å². The van der Waals surface area contributed by atoms with E-state index >= 15 is 0 Å². The number of benzene rings is 2. The zero-order valence-corrected chi connectivity index (χ0v) is 16.2. The average Bonchev–Trinajstić information content (AvgIpc) is 3.18. The predicted molar refractivity (Wildman–Crippen MR) is 112 cm³/mol. The van der Waals surface area contributed by atoms with Crippen LogP contribution in [0.15, 0.2) is 47.3 Å². The molecule has 5 heteroatoms. The Morgan fingerprint density at radius 1 is 1.07 bits per heavy atom. The van der Waals surface area contributed by atoms with E-state index < -0.39 is 0 Å². The molecule has 1 N–H and O–H groups in total. The van der Waals surface area contributed by atoms with E-state index in [1.165, 1.54) is 22.2 Å². The average molecular weight is 375 g/mol. The van der Waals surface area contributed by atoms with E-state index in [2.05, 4.69) is 29.5 Å². The van der Waals surface area contributed by atoms with Gasteiger partial charge in [0, 0.05) is 17.6 Å². The summed E-state index contributed by atoms with van der Waals surface area (Å²) in [5, 5.41) is 8.54. The van der Waals surface area contributed by atoms with E-state index in [4.69, 9.17) is 0 Å². The highest BCUT2D eigenvalue weighted by Crippen LogP contribution is 2.25. The molecule has 0 saturated heterocycles. The summed E-state index contributed by atoms with van der Waals surface area (Å²) in [5.74, 6) is -0.279. The third-order valence-electron chi connectivity index (χ3n) is 5.41. The molecule has 1 amide bonds. The minimum atomic E-state index is -0.279. The highest BCUT2D eigenvalue weighted by molar-refractivity contribution is 6.11. The Morgan fingerprint density at radius 3 is 2.68 bits per heavy atom. The molecule has 5 nitrogen and oxygen atoms in total. The zero-order valence-electron chi connectivity index (χ0n) is 16.2. The number of carbonyl (C=O) groups is 1.